The Morgan fingerprint density at radius 1 is 1.29 bits per heavy atom. The van der Waals surface area contributed by atoms with E-state index in [0.717, 1.165) is 48.0 Å². The van der Waals surface area contributed by atoms with Crippen molar-refractivity contribution in [3.63, 3.8) is 0 Å². The molecule has 1 amide bonds. The summed E-state index contributed by atoms with van der Waals surface area (Å²) in [6.45, 7) is 4.24. The Kier molecular flexibility index (Phi) is 5.64. The molecule has 1 aromatic carbocycles. The van der Waals surface area contributed by atoms with Gasteiger partial charge < -0.3 is 10.2 Å². The van der Waals surface area contributed by atoms with E-state index in [9.17, 15) is 4.79 Å². The lowest BCUT2D eigenvalue weighted by atomic mass is 9.96. The predicted octanol–water partition coefficient (Wildman–Crippen LogP) is 3.82. The molecule has 1 aliphatic rings. The number of nitrogens with zero attached hydrogens (tertiary/aromatic N) is 4. The fraction of sp³-hybridized carbons (Fsp3) is 0.350. The molecule has 2 aromatic heterocycles. The number of benzene rings is 1. The lowest BCUT2D eigenvalue weighted by Crippen LogP contribution is -2.40. The van der Waals surface area contributed by atoms with Crippen LogP contribution in [0.3, 0.4) is 0 Å². The summed E-state index contributed by atoms with van der Waals surface area (Å²) >= 11 is 7.60. The van der Waals surface area contributed by atoms with Gasteiger partial charge in [0, 0.05) is 47.7 Å². The van der Waals surface area contributed by atoms with Crippen LogP contribution < -0.4 is 10.2 Å². The van der Waals surface area contributed by atoms with E-state index < -0.39 is 0 Å². The van der Waals surface area contributed by atoms with Crippen LogP contribution in [0.1, 0.15) is 24.1 Å². The Morgan fingerprint density at radius 3 is 2.71 bits per heavy atom. The van der Waals surface area contributed by atoms with Gasteiger partial charge in [0.25, 0.3) is 0 Å². The maximum Gasteiger partial charge on any atom is 0.223 e. The highest BCUT2D eigenvalue weighted by Gasteiger charge is 2.26. The molecule has 0 spiro atoms. The molecule has 4 rings (SSSR count). The van der Waals surface area contributed by atoms with Gasteiger partial charge in [0.1, 0.15) is 0 Å². The fourth-order valence-corrected chi connectivity index (χ4v) is 4.32. The minimum absolute atomic E-state index is 0.0589. The summed E-state index contributed by atoms with van der Waals surface area (Å²) in [5, 5.41) is 11.2. The first-order chi connectivity index (χ1) is 13.6. The van der Waals surface area contributed by atoms with Gasteiger partial charge in [-0.2, -0.15) is 5.10 Å². The number of rotatable bonds is 5. The maximum atomic E-state index is 12.5. The molecule has 1 saturated heterocycles. The minimum Gasteiger partial charge on any atom is -0.352 e. The molecule has 28 heavy (non-hydrogen) atoms. The first kappa shape index (κ1) is 19.0. The Hall–Kier alpha value is -2.38. The van der Waals surface area contributed by atoms with Crippen molar-refractivity contribution < 1.29 is 4.79 Å². The maximum absolute atomic E-state index is 12.5. The van der Waals surface area contributed by atoms with E-state index in [0.29, 0.717) is 11.6 Å². The Morgan fingerprint density at radius 2 is 2.04 bits per heavy atom. The van der Waals surface area contributed by atoms with Gasteiger partial charge in [0.2, 0.25) is 5.91 Å². The molecule has 0 unspecified atom stereocenters. The van der Waals surface area contributed by atoms with Gasteiger partial charge in [-0.1, -0.05) is 11.6 Å². The van der Waals surface area contributed by atoms with E-state index in [2.05, 4.69) is 25.7 Å². The van der Waals surface area contributed by atoms with Crippen molar-refractivity contribution in [3.8, 4) is 5.69 Å². The lowest BCUT2D eigenvalue weighted by molar-refractivity contribution is -0.125. The van der Waals surface area contributed by atoms with Gasteiger partial charge in [0.05, 0.1) is 17.6 Å². The van der Waals surface area contributed by atoms with Crippen LogP contribution in [0.2, 0.25) is 5.02 Å². The molecule has 3 heterocycles. The Bertz CT molecular complexity index is 944. The number of thiazole rings is 1. The summed E-state index contributed by atoms with van der Waals surface area (Å²) in [5.41, 5.74) is 2.96. The van der Waals surface area contributed by atoms with E-state index in [1.54, 1.807) is 22.2 Å². The molecular formula is C20H22ClN5OS. The first-order valence-corrected chi connectivity index (χ1v) is 10.6. The second-order valence-corrected chi connectivity index (χ2v) is 8.29. The Labute approximate surface area is 173 Å². The SMILES string of the molecule is Cc1csc(N2CCC(C(=O)NCc3cnn(-c4ccc(Cl)cc4)c3)CC2)n1. The molecular weight excluding hydrogens is 394 g/mol. The molecule has 1 N–H and O–H groups in total. The van der Waals surface area contributed by atoms with Gasteiger partial charge in [-0.15, -0.1) is 11.3 Å². The number of hydrogen-bond acceptors (Lipinski definition) is 5. The first-order valence-electron chi connectivity index (χ1n) is 9.33. The molecule has 0 saturated carbocycles. The zero-order valence-electron chi connectivity index (χ0n) is 15.6. The largest absolute Gasteiger partial charge is 0.352 e. The van der Waals surface area contributed by atoms with Crippen molar-refractivity contribution >= 4 is 34.0 Å². The van der Waals surface area contributed by atoms with Gasteiger partial charge in [0.15, 0.2) is 5.13 Å². The van der Waals surface area contributed by atoms with E-state index in [-0.39, 0.29) is 11.8 Å². The topological polar surface area (TPSA) is 63.1 Å². The van der Waals surface area contributed by atoms with Crippen molar-refractivity contribution in [2.45, 2.75) is 26.3 Å². The number of carbonyl (C=O) groups excluding carboxylic acids is 1. The van der Waals surface area contributed by atoms with Gasteiger partial charge in [-0.25, -0.2) is 9.67 Å². The highest BCUT2D eigenvalue weighted by molar-refractivity contribution is 7.13. The zero-order chi connectivity index (χ0) is 19.5. The summed E-state index contributed by atoms with van der Waals surface area (Å²) in [4.78, 5) is 19.4. The van der Waals surface area contributed by atoms with Gasteiger partial charge >= 0.3 is 0 Å². The van der Waals surface area contributed by atoms with Crippen LogP contribution in [0.5, 0.6) is 0 Å². The number of aryl methyl sites for hydroxylation is 1. The average Bonchev–Trinajstić information content (AvgIpc) is 3.36. The molecule has 8 heteroatoms. The number of aromatic nitrogens is 3. The summed E-state index contributed by atoms with van der Waals surface area (Å²) in [7, 11) is 0. The number of amides is 1. The van der Waals surface area contributed by atoms with Crippen LogP contribution in [0.15, 0.2) is 42.0 Å². The van der Waals surface area contributed by atoms with E-state index in [4.69, 9.17) is 11.6 Å². The van der Waals surface area contributed by atoms with Crippen molar-refractivity contribution in [3.05, 3.63) is 58.3 Å². The second-order valence-electron chi connectivity index (χ2n) is 7.02. The molecule has 146 valence electrons. The molecule has 0 aliphatic carbocycles. The molecule has 1 fully saturated rings. The van der Waals surface area contributed by atoms with Gasteiger partial charge in [-0.3, -0.25) is 4.79 Å². The number of hydrogen-bond donors (Lipinski definition) is 1. The van der Waals surface area contributed by atoms with E-state index in [1.807, 2.05) is 37.4 Å². The highest BCUT2D eigenvalue weighted by Crippen LogP contribution is 2.26. The molecule has 6 nitrogen and oxygen atoms in total. The quantitative estimate of drug-likeness (QED) is 0.688. The van der Waals surface area contributed by atoms with Crippen molar-refractivity contribution in [1.82, 2.24) is 20.1 Å². The third kappa shape index (κ3) is 4.36. The number of anilines is 1. The van der Waals surface area contributed by atoms with Crippen molar-refractivity contribution in [2.75, 3.05) is 18.0 Å². The summed E-state index contributed by atoms with van der Waals surface area (Å²) in [6, 6.07) is 7.49. The summed E-state index contributed by atoms with van der Waals surface area (Å²) < 4.78 is 1.78. The number of carbonyl (C=O) groups is 1. The lowest BCUT2D eigenvalue weighted by Gasteiger charge is -2.31. The van der Waals surface area contributed by atoms with Crippen LogP contribution in [0.4, 0.5) is 5.13 Å². The zero-order valence-corrected chi connectivity index (χ0v) is 17.2. The average molecular weight is 416 g/mol. The molecule has 0 radical (unpaired) electrons. The Balaban J connectivity index is 1.27. The number of piperidine rings is 1. The third-order valence-corrected chi connectivity index (χ3v) is 6.21. The third-order valence-electron chi connectivity index (χ3n) is 4.94. The molecule has 0 bridgehead atoms. The predicted molar refractivity (Wildman–Crippen MR) is 112 cm³/mol. The van der Waals surface area contributed by atoms with Gasteiger partial charge in [-0.05, 0) is 44.0 Å². The number of nitrogens with one attached hydrogen (secondary N) is 1. The summed E-state index contributed by atoms with van der Waals surface area (Å²) in [5.74, 6) is 0.179. The number of halogens is 1. The monoisotopic (exact) mass is 415 g/mol. The van der Waals surface area contributed by atoms with E-state index >= 15 is 0 Å². The smallest absolute Gasteiger partial charge is 0.223 e. The summed E-state index contributed by atoms with van der Waals surface area (Å²) in [6.07, 6.45) is 5.42. The van der Waals surface area contributed by atoms with Crippen molar-refractivity contribution in [2.24, 2.45) is 5.92 Å². The van der Waals surface area contributed by atoms with Crippen LogP contribution in [-0.2, 0) is 11.3 Å². The standard InChI is InChI=1S/C20H22ClN5OS/c1-14-13-28-20(24-14)25-8-6-16(7-9-25)19(27)22-10-15-11-23-26(12-15)18-4-2-17(21)3-5-18/h2-5,11-13,16H,6-10H2,1H3,(H,22,27). The van der Waals surface area contributed by atoms with Crippen LogP contribution in [-0.4, -0.2) is 33.8 Å². The van der Waals surface area contributed by atoms with E-state index in [1.165, 1.54) is 0 Å². The van der Waals surface area contributed by atoms with Crippen LogP contribution >= 0.6 is 22.9 Å². The molecule has 1 aliphatic heterocycles. The normalized spacial score (nSPS) is 15.0. The highest BCUT2D eigenvalue weighted by atomic mass is 35.5. The van der Waals surface area contributed by atoms with Crippen LogP contribution in [0, 0.1) is 12.8 Å². The van der Waals surface area contributed by atoms with Crippen LogP contribution in [0.25, 0.3) is 5.69 Å². The molecule has 3 aromatic rings. The molecule has 0 atom stereocenters. The fourth-order valence-electron chi connectivity index (χ4n) is 3.34. The minimum atomic E-state index is 0.0589. The second kappa shape index (κ2) is 8.32. The van der Waals surface area contributed by atoms with Crippen molar-refractivity contribution in [1.29, 1.82) is 0 Å².